The number of rotatable bonds is 3. The van der Waals surface area contributed by atoms with Crippen LogP contribution < -0.4 is 0 Å². The van der Waals surface area contributed by atoms with Crippen molar-refractivity contribution in [1.82, 2.24) is 4.98 Å². The van der Waals surface area contributed by atoms with E-state index in [-0.39, 0.29) is 21.0 Å². The van der Waals surface area contributed by atoms with Crippen LogP contribution >= 0.6 is 11.3 Å². The van der Waals surface area contributed by atoms with Crippen molar-refractivity contribution in [2.75, 3.05) is 0 Å². The van der Waals surface area contributed by atoms with Crippen LogP contribution in [-0.4, -0.2) is 16.1 Å². The van der Waals surface area contributed by atoms with Gasteiger partial charge in [-0.05, 0) is 29.8 Å². The molecule has 1 aromatic heterocycles. The Morgan fingerprint density at radius 1 is 0.833 bits per heavy atom. The van der Waals surface area contributed by atoms with Gasteiger partial charge in [-0.2, -0.15) is 0 Å². The minimum Gasteiger partial charge on any atom is -0.476 e. The first-order valence-electron chi connectivity index (χ1n) is 6.50. The highest BCUT2D eigenvalue weighted by atomic mass is 32.1. The van der Waals surface area contributed by atoms with Gasteiger partial charge in [-0.1, -0.05) is 0 Å². The summed E-state index contributed by atoms with van der Waals surface area (Å²) in [5, 5.41) is 9.26. The van der Waals surface area contributed by atoms with E-state index in [4.69, 9.17) is 0 Å². The van der Waals surface area contributed by atoms with Gasteiger partial charge in [0.15, 0.2) is 5.69 Å². The summed E-state index contributed by atoms with van der Waals surface area (Å²) >= 11 is 0.770. The molecule has 1 N–H and O–H groups in total. The molecule has 0 amide bonds. The second kappa shape index (κ2) is 6.04. The number of aromatic carboxylic acids is 1. The molecule has 24 heavy (non-hydrogen) atoms. The summed E-state index contributed by atoms with van der Waals surface area (Å²) < 4.78 is 53.4. The molecule has 0 radical (unpaired) electrons. The van der Waals surface area contributed by atoms with E-state index in [1.165, 1.54) is 0 Å². The lowest BCUT2D eigenvalue weighted by atomic mass is 10.1. The predicted molar refractivity (Wildman–Crippen MR) is 79.8 cm³/mol. The molecule has 8 heteroatoms. The summed E-state index contributed by atoms with van der Waals surface area (Å²) in [5.41, 5.74) is -0.446. The summed E-state index contributed by atoms with van der Waals surface area (Å²) in [4.78, 5) is 15.2. The average molecular weight is 353 g/mol. The van der Waals surface area contributed by atoms with Gasteiger partial charge in [-0.15, -0.1) is 11.3 Å². The lowest BCUT2D eigenvalue weighted by Crippen LogP contribution is -1.99. The molecule has 1 heterocycles. The zero-order chi connectivity index (χ0) is 17.4. The van der Waals surface area contributed by atoms with E-state index >= 15 is 0 Å². The summed E-state index contributed by atoms with van der Waals surface area (Å²) in [5.74, 6) is -4.89. The maximum atomic E-state index is 13.4. The van der Waals surface area contributed by atoms with E-state index < -0.39 is 34.9 Å². The van der Waals surface area contributed by atoms with Gasteiger partial charge in [0.1, 0.15) is 28.3 Å². The van der Waals surface area contributed by atoms with Crippen LogP contribution in [0.1, 0.15) is 10.5 Å². The number of halogens is 4. The fraction of sp³-hybridized carbons (Fsp3) is 0. The molecule has 0 aliphatic rings. The number of carboxylic acid groups (broad SMARTS) is 1. The highest BCUT2D eigenvalue weighted by Crippen LogP contribution is 2.36. The van der Waals surface area contributed by atoms with Gasteiger partial charge < -0.3 is 5.11 Å². The van der Waals surface area contributed by atoms with Gasteiger partial charge in [-0.3, -0.25) is 0 Å². The third-order valence-corrected chi connectivity index (χ3v) is 4.22. The molecule has 3 rings (SSSR count). The average Bonchev–Trinajstić information content (AvgIpc) is 2.90. The lowest BCUT2D eigenvalue weighted by molar-refractivity contribution is 0.0692. The number of nitrogens with zero attached hydrogens (tertiary/aromatic N) is 1. The second-order valence-electron chi connectivity index (χ2n) is 4.82. The molecule has 0 unspecified atom stereocenters. The van der Waals surface area contributed by atoms with E-state index in [0.29, 0.717) is 12.1 Å². The number of hydrogen-bond acceptors (Lipinski definition) is 3. The minimum atomic E-state index is -1.42. The first kappa shape index (κ1) is 16.1. The number of carboxylic acids is 1. The molecule has 0 saturated carbocycles. The largest absolute Gasteiger partial charge is 0.476 e. The molecule has 0 bridgehead atoms. The van der Waals surface area contributed by atoms with Crippen LogP contribution in [0.25, 0.3) is 21.0 Å². The van der Waals surface area contributed by atoms with Crippen LogP contribution in [-0.2, 0) is 0 Å². The van der Waals surface area contributed by atoms with Crippen LogP contribution in [0, 0.1) is 23.3 Å². The Morgan fingerprint density at radius 2 is 1.29 bits per heavy atom. The summed E-state index contributed by atoms with van der Waals surface area (Å²) in [6.45, 7) is 0. The Hall–Kier alpha value is -2.74. The summed E-state index contributed by atoms with van der Waals surface area (Å²) in [6.07, 6.45) is 0. The zero-order valence-electron chi connectivity index (χ0n) is 11.7. The van der Waals surface area contributed by atoms with Crippen molar-refractivity contribution in [2.24, 2.45) is 0 Å². The number of aromatic nitrogens is 1. The fourth-order valence-electron chi connectivity index (χ4n) is 2.15. The van der Waals surface area contributed by atoms with Crippen LogP contribution in [0.4, 0.5) is 17.6 Å². The van der Waals surface area contributed by atoms with Crippen molar-refractivity contribution in [1.29, 1.82) is 0 Å². The minimum absolute atomic E-state index is 0.0134. The SMILES string of the molecule is O=C(O)c1nc(-c2cc(F)cc(F)c2)sc1-c1cc(F)cc(F)c1. The second-order valence-corrected chi connectivity index (χ2v) is 5.82. The van der Waals surface area contributed by atoms with Gasteiger partial charge in [0.25, 0.3) is 0 Å². The van der Waals surface area contributed by atoms with Crippen LogP contribution in [0.2, 0.25) is 0 Å². The fourth-order valence-corrected chi connectivity index (χ4v) is 3.18. The number of hydrogen-bond donors (Lipinski definition) is 1. The number of carbonyl (C=O) groups is 1. The molecule has 0 aliphatic heterocycles. The zero-order valence-corrected chi connectivity index (χ0v) is 12.5. The predicted octanol–water partition coefficient (Wildman–Crippen LogP) is 4.73. The van der Waals surface area contributed by atoms with Gasteiger partial charge in [0.2, 0.25) is 0 Å². The van der Waals surface area contributed by atoms with Crippen LogP contribution in [0.3, 0.4) is 0 Å². The molecule has 122 valence electrons. The van der Waals surface area contributed by atoms with Crippen molar-refractivity contribution in [2.45, 2.75) is 0 Å². The molecular weight excluding hydrogens is 346 g/mol. The van der Waals surface area contributed by atoms with Crippen molar-refractivity contribution in [3.8, 4) is 21.0 Å². The Bertz CT molecular complexity index is 915. The maximum absolute atomic E-state index is 13.4. The molecule has 3 nitrogen and oxygen atoms in total. The first-order chi connectivity index (χ1) is 11.3. The monoisotopic (exact) mass is 353 g/mol. The van der Waals surface area contributed by atoms with Crippen molar-refractivity contribution in [3.05, 3.63) is 65.4 Å². The van der Waals surface area contributed by atoms with Gasteiger partial charge in [0, 0.05) is 17.7 Å². The third kappa shape index (κ3) is 3.13. The van der Waals surface area contributed by atoms with E-state index in [1.807, 2.05) is 0 Å². The molecule has 0 saturated heterocycles. The van der Waals surface area contributed by atoms with Crippen molar-refractivity contribution >= 4 is 17.3 Å². The first-order valence-corrected chi connectivity index (χ1v) is 7.32. The molecular formula is C16H7F4NO2S. The van der Waals surface area contributed by atoms with E-state index in [0.717, 1.165) is 35.6 Å². The van der Waals surface area contributed by atoms with Gasteiger partial charge in [0.05, 0.1) is 4.88 Å². The molecule has 0 fully saturated rings. The van der Waals surface area contributed by atoms with E-state index in [1.54, 1.807) is 0 Å². The molecule has 3 aromatic rings. The van der Waals surface area contributed by atoms with Crippen molar-refractivity contribution in [3.63, 3.8) is 0 Å². The normalized spacial score (nSPS) is 10.8. The molecule has 0 aliphatic carbocycles. The number of benzene rings is 2. The highest BCUT2D eigenvalue weighted by Gasteiger charge is 2.21. The van der Waals surface area contributed by atoms with Crippen LogP contribution in [0.15, 0.2) is 36.4 Å². The smallest absolute Gasteiger partial charge is 0.356 e. The highest BCUT2D eigenvalue weighted by molar-refractivity contribution is 7.18. The van der Waals surface area contributed by atoms with E-state index in [9.17, 15) is 27.5 Å². The Kier molecular flexibility index (Phi) is 4.06. The molecule has 0 spiro atoms. The number of thiazole rings is 1. The Labute approximate surface area is 136 Å². The molecule has 0 atom stereocenters. The Morgan fingerprint density at radius 3 is 1.75 bits per heavy atom. The maximum Gasteiger partial charge on any atom is 0.356 e. The Balaban J connectivity index is 2.20. The summed E-state index contributed by atoms with van der Waals surface area (Å²) in [7, 11) is 0. The summed E-state index contributed by atoms with van der Waals surface area (Å²) in [6, 6.07) is 5.21. The van der Waals surface area contributed by atoms with Crippen LogP contribution in [0.5, 0.6) is 0 Å². The third-order valence-electron chi connectivity index (χ3n) is 3.06. The lowest BCUT2D eigenvalue weighted by Gasteiger charge is -2.00. The van der Waals surface area contributed by atoms with Gasteiger partial charge in [-0.25, -0.2) is 27.3 Å². The topological polar surface area (TPSA) is 50.2 Å². The standard InChI is InChI=1S/C16H7F4NO2S/c17-9-1-7(2-10(18)5-9)14-13(16(22)23)21-15(24-14)8-3-11(19)6-12(20)4-8/h1-6H,(H,22,23). The quantitative estimate of drug-likeness (QED) is 0.693. The van der Waals surface area contributed by atoms with Crippen molar-refractivity contribution < 1.29 is 27.5 Å². The van der Waals surface area contributed by atoms with Gasteiger partial charge >= 0.3 is 5.97 Å². The van der Waals surface area contributed by atoms with E-state index in [2.05, 4.69) is 4.98 Å². The molecule has 2 aromatic carbocycles.